The smallest absolute Gasteiger partial charge is 0.123 e. The van der Waals surface area contributed by atoms with Crippen LogP contribution >= 0.6 is 27.3 Å². The second-order valence-corrected chi connectivity index (χ2v) is 6.14. The zero-order valence-electron chi connectivity index (χ0n) is 9.44. The Kier molecular flexibility index (Phi) is 4.33. The van der Waals surface area contributed by atoms with Crippen molar-refractivity contribution in [3.05, 3.63) is 27.9 Å². The minimum absolute atomic E-state index is 0.105. The van der Waals surface area contributed by atoms with Crippen molar-refractivity contribution in [3.8, 4) is 10.6 Å². The fourth-order valence-corrected chi connectivity index (χ4v) is 2.84. The molecule has 2 aromatic heterocycles. The fraction of sp³-hybridized carbons (Fsp3) is 0.364. The average molecular weight is 316 g/mol. The van der Waals surface area contributed by atoms with Crippen LogP contribution in [0.3, 0.4) is 0 Å². The number of ether oxygens (including phenoxy) is 1. The first-order valence-electron chi connectivity index (χ1n) is 5.26. The molecule has 0 amide bonds. The monoisotopic (exact) mass is 315 g/mol. The number of aromatic nitrogens is 2. The Morgan fingerprint density at radius 1 is 1.59 bits per heavy atom. The summed E-state index contributed by atoms with van der Waals surface area (Å²) in [5, 5.41) is 0. The van der Waals surface area contributed by atoms with E-state index in [4.69, 9.17) is 10.5 Å². The van der Waals surface area contributed by atoms with Gasteiger partial charge in [-0.05, 0) is 34.5 Å². The molecule has 0 radical (unpaired) electrons. The first-order chi connectivity index (χ1) is 8.20. The molecule has 0 fully saturated rings. The Bertz CT molecular complexity index is 483. The molecule has 0 aliphatic rings. The van der Waals surface area contributed by atoms with Gasteiger partial charge in [0.2, 0.25) is 0 Å². The molecule has 0 saturated heterocycles. The van der Waals surface area contributed by atoms with E-state index in [0.29, 0.717) is 6.61 Å². The number of rotatable bonds is 5. The summed E-state index contributed by atoms with van der Waals surface area (Å²) in [6, 6.07) is 3.96. The summed E-state index contributed by atoms with van der Waals surface area (Å²) >= 11 is 5.11. The molecule has 4 nitrogen and oxygen atoms in total. The van der Waals surface area contributed by atoms with Crippen molar-refractivity contribution in [3.63, 3.8) is 0 Å². The standard InChI is InChI=1S/C11H14BrN3OS/c1-16-5-4-7(13)11-14-6-8(15-11)9-2-3-10(12)17-9/h2-3,6-7H,4-5,13H2,1H3,(H,14,15). The van der Waals surface area contributed by atoms with Crippen molar-refractivity contribution in [2.24, 2.45) is 5.73 Å². The van der Waals surface area contributed by atoms with Crippen LogP contribution in [0.2, 0.25) is 0 Å². The lowest BCUT2D eigenvalue weighted by atomic mass is 10.2. The Balaban J connectivity index is 2.10. The molecule has 0 aromatic carbocycles. The van der Waals surface area contributed by atoms with Crippen molar-refractivity contribution < 1.29 is 4.74 Å². The van der Waals surface area contributed by atoms with Crippen LogP contribution in [0, 0.1) is 0 Å². The number of methoxy groups -OCH3 is 1. The van der Waals surface area contributed by atoms with E-state index in [1.807, 2.05) is 18.3 Å². The molecule has 0 bridgehead atoms. The number of halogens is 1. The summed E-state index contributed by atoms with van der Waals surface area (Å²) in [6.07, 6.45) is 2.58. The van der Waals surface area contributed by atoms with Crippen molar-refractivity contribution in [2.75, 3.05) is 13.7 Å². The highest BCUT2D eigenvalue weighted by Gasteiger charge is 2.11. The van der Waals surface area contributed by atoms with Crippen LogP contribution in [0.5, 0.6) is 0 Å². The molecular weight excluding hydrogens is 302 g/mol. The summed E-state index contributed by atoms with van der Waals surface area (Å²) in [6.45, 7) is 0.641. The molecule has 1 unspecified atom stereocenters. The first-order valence-corrected chi connectivity index (χ1v) is 6.87. The van der Waals surface area contributed by atoms with Crippen molar-refractivity contribution in [2.45, 2.75) is 12.5 Å². The lowest BCUT2D eigenvalue weighted by Gasteiger charge is -2.06. The zero-order valence-corrected chi connectivity index (χ0v) is 11.8. The van der Waals surface area contributed by atoms with Crippen LogP contribution in [0.25, 0.3) is 10.6 Å². The number of nitrogens with one attached hydrogen (secondary N) is 1. The average Bonchev–Trinajstić information content (AvgIpc) is 2.93. The van der Waals surface area contributed by atoms with E-state index in [9.17, 15) is 0 Å². The molecule has 92 valence electrons. The van der Waals surface area contributed by atoms with E-state index in [1.165, 1.54) is 0 Å². The lowest BCUT2D eigenvalue weighted by molar-refractivity contribution is 0.187. The van der Waals surface area contributed by atoms with Crippen LogP contribution in [-0.4, -0.2) is 23.7 Å². The predicted octanol–water partition coefficient (Wildman–Crippen LogP) is 2.94. The van der Waals surface area contributed by atoms with Gasteiger partial charge in [0.1, 0.15) is 5.82 Å². The lowest BCUT2D eigenvalue weighted by Crippen LogP contribution is -2.14. The maximum atomic E-state index is 6.00. The van der Waals surface area contributed by atoms with Crippen molar-refractivity contribution in [1.82, 2.24) is 9.97 Å². The molecule has 2 rings (SSSR count). The molecule has 6 heteroatoms. The number of H-pyrrole nitrogens is 1. The SMILES string of the molecule is COCCC(N)c1ncc(-c2ccc(Br)s2)[nH]1. The quantitative estimate of drug-likeness (QED) is 0.891. The van der Waals surface area contributed by atoms with Gasteiger partial charge < -0.3 is 15.5 Å². The van der Waals surface area contributed by atoms with Gasteiger partial charge in [0.05, 0.1) is 26.6 Å². The largest absolute Gasteiger partial charge is 0.385 e. The van der Waals surface area contributed by atoms with E-state index < -0.39 is 0 Å². The Morgan fingerprint density at radius 2 is 2.41 bits per heavy atom. The first kappa shape index (κ1) is 12.8. The Labute approximate surface area is 112 Å². The van der Waals surface area contributed by atoms with Crippen LogP contribution in [0.4, 0.5) is 0 Å². The molecule has 2 aromatic rings. The van der Waals surface area contributed by atoms with Gasteiger partial charge >= 0.3 is 0 Å². The molecular formula is C11H14BrN3OS. The van der Waals surface area contributed by atoms with Crippen molar-refractivity contribution >= 4 is 27.3 Å². The molecule has 3 N–H and O–H groups in total. The van der Waals surface area contributed by atoms with Crippen molar-refractivity contribution in [1.29, 1.82) is 0 Å². The number of hydrogen-bond donors (Lipinski definition) is 2. The molecule has 0 aliphatic carbocycles. The predicted molar refractivity (Wildman–Crippen MR) is 73.0 cm³/mol. The highest BCUT2D eigenvalue weighted by atomic mass is 79.9. The van der Waals surface area contributed by atoms with E-state index in [-0.39, 0.29) is 6.04 Å². The Morgan fingerprint density at radius 3 is 3.06 bits per heavy atom. The fourth-order valence-electron chi connectivity index (χ4n) is 1.49. The number of nitrogens with two attached hydrogens (primary N) is 1. The third kappa shape index (κ3) is 3.16. The molecule has 1 atom stereocenters. The summed E-state index contributed by atoms with van der Waals surface area (Å²) < 4.78 is 6.11. The van der Waals surface area contributed by atoms with Gasteiger partial charge in [0.15, 0.2) is 0 Å². The topological polar surface area (TPSA) is 63.9 Å². The highest BCUT2D eigenvalue weighted by molar-refractivity contribution is 9.11. The van der Waals surface area contributed by atoms with Crippen LogP contribution in [0.1, 0.15) is 18.3 Å². The Hall–Kier alpha value is -0.690. The maximum Gasteiger partial charge on any atom is 0.123 e. The van der Waals surface area contributed by atoms with Gasteiger partial charge in [-0.3, -0.25) is 0 Å². The van der Waals surface area contributed by atoms with Gasteiger partial charge in [0, 0.05) is 13.7 Å². The second kappa shape index (κ2) is 5.77. The molecule has 17 heavy (non-hydrogen) atoms. The number of aromatic amines is 1. The van der Waals surface area contributed by atoms with Gasteiger partial charge in [0.25, 0.3) is 0 Å². The minimum atomic E-state index is -0.105. The van der Waals surface area contributed by atoms with E-state index in [2.05, 4.69) is 25.9 Å². The summed E-state index contributed by atoms with van der Waals surface area (Å²) in [5.74, 6) is 0.807. The number of thiophene rings is 1. The zero-order chi connectivity index (χ0) is 12.3. The molecule has 0 aliphatic heterocycles. The summed E-state index contributed by atoms with van der Waals surface area (Å²) in [7, 11) is 1.67. The van der Waals surface area contributed by atoms with Gasteiger partial charge in [-0.1, -0.05) is 0 Å². The van der Waals surface area contributed by atoms with E-state index in [1.54, 1.807) is 18.4 Å². The maximum absolute atomic E-state index is 6.00. The normalized spacial score (nSPS) is 12.9. The van der Waals surface area contributed by atoms with Gasteiger partial charge in [-0.25, -0.2) is 4.98 Å². The van der Waals surface area contributed by atoms with Crippen LogP contribution in [-0.2, 0) is 4.74 Å². The van der Waals surface area contributed by atoms with Crippen LogP contribution in [0.15, 0.2) is 22.1 Å². The third-order valence-corrected chi connectivity index (χ3v) is 4.08. The number of imidazole rings is 1. The van der Waals surface area contributed by atoms with E-state index in [0.717, 1.165) is 26.6 Å². The summed E-state index contributed by atoms with van der Waals surface area (Å²) in [4.78, 5) is 8.71. The van der Waals surface area contributed by atoms with Gasteiger partial charge in [-0.15, -0.1) is 11.3 Å². The second-order valence-electron chi connectivity index (χ2n) is 3.67. The molecule has 0 spiro atoms. The van der Waals surface area contributed by atoms with Gasteiger partial charge in [-0.2, -0.15) is 0 Å². The summed E-state index contributed by atoms with van der Waals surface area (Å²) in [5.41, 5.74) is 7.00. The van der Waals surface area contributed by atoms with E-state index >= 15 is 0 Å². The minimum Gasteiger partial charge on any atom is -0.385 e. The highest BCUT2D eigenvalue weighted by Crippen LogP contribution is 2.30. The number of nitrogens with zero attached hydrogens (tertiary/aromatic N) is 1. The molecule has 0 saturated carbocycles. The van der Waals surface area contributed by atoms with Crippen LogP contribution < -0.4 is 5.73 Å². The third-order valence-electron chi connectivity index (χ3n) is 2.42. The molecule has 2 heterocycles. The number of hydrogen-bond acceptors (Lipinski definition) is 4.